The van der Waals surface area contributed by atoms with Crippen molar-refractivity contribution in [3.05, 3.63) is 35.4 Å². The number of benzene rings is 1. The van der Waals surface area contributed by atoms with E-state index in [1.54, 1.807) is 0 Å². The molecule has 3 rings (SSSR count). The molecule has 0 bridgehead atoms. The number of hydrogen-bond donors (Lipinski definition) is 1. The molecule has 0 saturated carbocycles. The van der Waals surface area contributed by atoms with Crippen LogP contribution in [-0.4, -0.2) is 29.3 Å². The molecule has 1 aliphatic heterocycles. The maximum Gasteiger partial charge on any atom is 0.243 e. The molecule has 2 atom stereocenters. The fourth-order valence-corrected chi connectivity index (χ4v) is 3.65. The van der Waals surface area contributed by atoms with Crippen molar-refractivity contribution < 1.29 is 9.59 Å². The molecule has 1 aliphatic carbocycles. The van der Waals surface area contributed by atoms with Crippen LogP contribution >= 0.6 is 0 Å². The Kier molecular flexibility index (Phi) is 3.70. The van der Waals surface area contributed by atoms with E-state index in [-0.39, 0.29) is 36.4 Å². The van der Waals surface area contributed by atoms with Gasteiger partial charge < -0.3 is 10.2 Å². The molecule has 4 nitrogen and oxygen atoms in total. The van der Waals surface area contributed by atoms with E-state index >= 15 is 0 Å². The molecule has 0 spiro atoms. The van der Waals surface area contributed by atoms with Crippen LogP contribution in [0.15, 0.2) is 24.3 Å². The molecule has 2 aliphatic rings. The van der Waals surface area contributed by atoms with Crippen LogP contribution < -0.4 is 5.32 Å². The van der Waals surface area contributed by atoms with Crippen LogP contribution in [0.2, 0.25) is 0 Å². The number of amides is 2. The fourth-order valence-electron chi connectivity index (χ4n) is 3.65. The fraction of sp³-hybridized carbons (Fsp3) is 0.529. The van der Waals surface area contributed by atoms with Gasteiger partial charge in [0.15, 0.2) is 0 Å². The van der Waals surface area contributed by atoms with Crippen molar-refractivity contribution in [2.75, 3.05) is 6.54 Å². The van der Waals surface area contributed by atoms with E-state index in [1.807, 2.05) is 30.9 Å². The monoisotopic (exact) mass is 286 g/mol. The van der Waals surface area contributed by atoms with Gasteiger partial charge in [0.1, 0.15) is 6.04 Å². The van der Waals surface area contributed by atoms with E-state index in [0.29, 0.717) is 0 Å². The molecule has 2 unspecified atom stereocenters. The van der Waals surface area contributed by atoms with Gasteiger partial charge in [0.25, 0.3) is 0 Å². The maximum absolute atomic E-state index is 12.5. The van der Waals surface area contributed by atoms with Crippen LogP contribution in [0.4, 0.5) is 0 Å². The second kappa shape index (κ2) is 5.51. The predicted octanol–water partition coefficient (Wildman–Crippen LogP) is 2.05. The Labute approximate surface area is 125 Å². The van der Waals surface area contributed by atoms with Crippen molar-refractivity contribution in [3.63, 3.8) is 0 Å². The van der Waals surface area contributed by atoms with Gasteiger partial charge in [-0.25, -0.2) is 0 Å². The van der Waals surface area contributed by atoms with Crippen LogP contribution in [0.5, 0.6) is 0 Å². The van der Waals surface area contributed by atoms with Crippen molar-refractivity contribution in [2.24, 2.45) is 5.92 Å². The van der Waals surface area contributed by atoms with Crippen molar-refractivity contribution in [3.8, 4) is 0 Å². The third-order valence-electron chi connectivity index (χ3n) is 4.58. The second-order valence-electron chi connectivity index (χ2n) is 6.31. The summed E-state index contributed by atoms with van der Waals surface area (Å²) >= 11 is 0. The summed E-state index contributed by atoms with van der Waals surface area (Å²) < 4.78 is 0. The lowest BCUT2D eigenvalue weighted by molar-refractivity contribution is -0.151. The van der Waals surface area contributed by atoms with E-state index < -0.39 is 0 Å². The van der Waals surface area contributed by atoms with Crippen molar-refractivity contribution in [1.82, 2.24) is 10.2 Å². The quantitative estimate of drug-likeness (QED) is 0.904. The molecular formula is C17H22N2O2. The lowest BCUT2D eigenvalue weighted by Crippen LogP contribution is -2.61. The molecule has 2 amide bonds. The van der Waals surface area contributed by atoms with Crippen molar-refractivity contribution in [2.45, 2.75) is 45.2 Å². The van der Waals surface area contributed by atoms with E-state index in [4.69, 9.17) is 0 Å². The number of carbonyl (C=O) groups excluding carboxylic acids is 2. The van der Waals surface area contributed by atoms with Crippen molar-refractivity contribution >= 4 is 11.8 Å². The molecule has 1 fully saturated rings. The highest BCUT2D eigenvalue weighted by Gasteiger charge is 2.41. The Balaban J connectivity index is 2.01. The first-order chi connectivity index (χ1) is 10.1. The van der Waals surface area contributed by atoms with Gasteiger partial charge in [0, 0.05) is 0 Å². The molecule has 1 aromatic rings. The van der Waals surface area contributed by atoms with Crippen LogP contribution in [-0.2, 0) is 16.0 Å². The number of hydrogen-bond acceptors (Lipinski definition) is 2. The second-order valence-corrected chi connectivity index (χ2v) is 6.31. The first-order valence-corrected chi connectivity index (χ1v) is 7.76. The lowest BCUT2D eigenvalue weighted by atomic mass is 9.84. The van der Waals surface area contributed by atoms with Gasteiger partial charge in [0.05, 0.1) is 12.6 Å². The van der Waals surface area contributed by atoms with E-state index in [2.05, 4.69) is 17.4 Å². The number of rotatable bonds is 2. The number of piperazine rings is 1. The van der Waals surface area contributed by atoms with Gasteiger partial charge in [-0.05, 0) is 36.3 Å². The van der Waals surface area contributed by atoms with Crippen LogP contribution in [0.25, 0.3) is 0 Å². The first kappa shape index (κ1) is 14.1. The smallest absolute Gasteiger partial charge is 0.243 e. The summed E-state index contributed by atoms with van der Waals surface area (Å²) in [7, 11) is 0. The molecule has 1 saturated heterocycles. The van der Waals surface area contributed by atoms with Gasteiger partial charge in [0.2, 0.25) is 11.8 Å². The zero-order chi connectivity index (χ0) is 15.0. The standard InChI is InChI=1S/C17H22N2O2/c1-11(2)16-17(21)18-10-15(20)19(16)14-9-5-7-12-6-3-4-8-13(12)14/h3-4,6,8,11,14,16H,5,7,9-10H2,1-2H3,(H,18,21). The summed E-state index contributed by atoms with van der Waals surface area (Å²) in [5, 5.41) is 2.73. The highest BCUT2D eigenvalue weighted by atomic mass is 16.2. The van der Waals surface area contributed by atoms with Gasteiger partial charge >= 0.3 is 0 Å². The Morgan fingerprint density at radius 1 is 1.24 bits per heavy atom. The van der Waals surface area contributed by atoms with Crippen LogP contribution in [0.3, 0.4) is 0 Å². The highest BCUT2D eigenvalue weighted by Crippen LogP contribution is 2.37. The lowest BCUT2D eigenvalue weighted by Gasteiger charge is -2.44. The number of aryl methyl sites for hydroxylation is 1. The van der Waals surface area contributed by atoms with Gasteiger partial charge in [-0.2, -0.15) is 0 Å². The number of nitrogens with zero attached hydrogens (tertiary/aromatic N) is 1. The summed E-state index contributed by atoms with van der Waals surface area (Å²) in [6, 6.07) is 8.00. The summed E-state index contributed by atoms with van der Waals surface area (Å²) in [4.78, 5) is 26.6. The van der Waals surface area contributed by atoms with E-state index in [9.17, 15) is 9.59 Å². The molecule has 21 heavy (non-hydrogen) atoms. The summed E-state index contributed by atoms with van der Waals surface area (Å²) in [6.45, 7) is 4.13. The minimum atomic E-state index is -0.359. The van der Waals surface area contributed by atoms with E-state index in [1.165, 1.54) is 11.1 Å². The zero-order valence-electron chi connectivity index (χ0n) is 12.6. The normalized spacial score (nSPS) is 25.8. The summed E-state index contributed by atoms with van der Waals surface area (Å²) in [5.41, 5.74) is 2.53. The maximum atomic E-state index is 12.5. The van der Waals surface area contributed by atoms with Crippen molar-refractivity contribution in [1.29, 1.82) is 0 Å². The minimum absolute atomic E-state index is 0.0207. The SMILES string of the molecule is CC(C)C1C(=O)NCC(=O)N1C1CCCc2ccccc21. The number of carbonyl (C=O) groups is 2. The average molecular weight is 286 g/mol. The Morgan fingerprint density at radius 2 is 2.00 bits per heavy atom. The van der Waals surface area contributed by atoms with Crippen LogP contribution in [0.1, 0.15) is 43.9 Å². The molecule has 1 N–H and O–H groups in total. The number of nitrogens with one attached hydrogen (secondary N) is 1. The molecule has 1 heterocycles. The topological polar surface area (TPSA) is 49.4 Å². The Morgan fingerprint density at radius 3 is 2.76 bits per heavy atom. The molecule has 0 radical (unpaired) electrons. The van der Waals surface area contributed by atoms with Gasteiger partial charge in [-0.1, -0.05) is 38.1 Å². The molecule has 112 valence electrons. The summed E-state index contributed by atoms with van der Waals surface area (Å²) in [6.07, 6.45) is 3.07. The average Bonchev–Trinajstić information content (AvgIpc) is 2.48. The third kappa shape index (κ3) is 2.43. The Hall–Kier alpha value is -1.84. The minimum Gasteiger partial charge on any atom is -0.345 e. The number of fused-ring (bicyclic) bond motifs is 1. The molecule has 1 aromatic carbocycles. The van der Waals surface area contributed by atoms with Gasteiger partial charge in [-0.3, -0.25) is 9.59 Å². The Bertz CT molecular complexity index is 568. The summed E-state index contributed by atoms with van der Waals surface area (Å²) in [5.74, 6) is 0.131. The zero-order valence-corrected chi connectivity index (χ0v) is 12.6. The largest absolute Gasteiger partial charge is 0.345 e. The third-order valence-corrected chi connectivity index (χ3v) is 4.58. The molecule has 0 aromatic heterocycles. The first-order valence-electron chi connectivity index (χ1n) is 7.76. The molecular weight excluding hydrogens is 264 g/mol. The predicted molar refractivity (Wildman–Crippen MR) is 80.6 cm³/mol. The van der Waals surface area contributed by atoms with E-state index in [0.717, 1.165) is 19.3 Å². The van der Waals surface area contributed by atoms with Crippen LogP contribution in [0, 0.1) is 5.92 Å². The molecule has 4 heteroatoms. The highest BCUT2D eigenvalue weighted by molar-refractivity contribution is 5.95. The van der Waals surface area contributed by atoms with Gasteiger partial charge in [-0.15, -0.1) is 0 Å².